The zero-order chi connectivity index (χ0) is 13.3. The Bertz CT molecular complexity index is 522. The third kappa shape index (κ3) is 2.41. The Labute approximate surface area is 112 Å². The van der Waals surface area contributed by atoms with Crippen molar-refractivity contribution in [2.24, 2.45) is 12.9 Å². The summed E-state index contributed by atoms with van der Waals surface area (Å²) < 4.78 is 1.74. The predicted octanol–water partition coefficient (Wildman–Crippen LogP) is 2.24. The largest absolute Gasteiger partial charge is 0.271 e. The lowest BCUT2D eigenvalue weighted by molar-refractivity contribution is 0.574. The first-order valence-corrected chi connectivity index (χ1v) is 6.12. The maximum absolute atomic E-state index is 6.17. The molecule has 0 fully saturated rings. The number of nitrogens with two attached hydrogens (primary N) is 1. The lowest BCUT2D eigenvalue weighted by Crippen LogP contribution is -2.30. The molecule has 1 atom stereocenters. The van der Waals surface area contributed by atoms with Gasteiger partial charge in [0.15, 0.2) is 0 Å². The summed E-state index contributed by atoms with van der Waals surface area (Å²) in [7, 11) is 1.86. The Morgan fingerprint density at radius 1 is 1.28 bits per heavy atom. The molecule has 1 aromatic heterocycles. The number of rotatable bonds is 3. The fourth-order valence-electron chi connectivity index (χ4n) is 2.25. The van der Waals surface area contributed by atoms with Gasteiger partial charge in [0.1, 0.15) is 0 Å². The van der Waals surface area contributed by atoms with Crippen LogP contribution in [-0.2, 0) is 7.05 Å². The first-order chi connectivity index (χ1) is 8.52. The average Bonchev–Trinajstić information content (AvgIpc) is 2.61. The Hall–Kier alpha value is -1.36. The summed E-state index contributed by atoms with van der Waals surface area (Å²) in [5, 5.41) is 4.76. The fraction of sp³-hybridized carbons (Fsp3) is 0.308. The summed E-state index contributed by atoms with van der Waals surface area (Å²) in [5.74, 6) is 5.68. The lowest BCUT2D eigenvalue weighted by atomic mass is 9.99. The van der Waals surface area contributed by atoms with E-state index in [4.69, 9.17) is 17.4 Å². The molecule has 0 saturated carbocycles. The van der Waals surface area contributed by atoms with Gasteiger partial charge in [-0.05, 0) is 19.4 Å². The summed E-state index contributed by atoms with van der Waals surface area (Å²) in [6, 6.07) is 6.16. The fourth-order valence-corrected chi connectivity index (χ4v) is 2.53. The van der Waals surface area contributed by atoms with E-state index in [1.165, 1.54) is 11.1 Å². The second-order valence-corrected chi connectivity index (χ2v) is 4.93. The van der Waals surface area contributed by atoms with E-state index < -0.39 is 0 Å². The quantitative estimate of drug-likeness (QED) is 0.660. The first-order valence-electron chi connectivity index (χ1n) is 5.74. The minimum absolute atomic E-state index is 0.163. The number of hydrazine groups is 1. The number of halogens is 1. The van der Waals surface area contributed by atoms with E-state index in [1.54, 1.807) is 10.9 Å². The molecule has 0 aliphatic carbocycles. The molecule has 1 unspecified atom stereocenters. The Morgan fingerprint density at radius 2 is 1.89 bits per heavy atom. The summed E-state index contributed by atoms with van der Waals surface area (Å²) in [6.45, 7) is 4.13. The van der Waals surface area contributed by atoms with E-state index in [9.17, 15) is 0 Å². The van der Waals surface area contributed by atoms with Gasteiger partial charge in [-0.3, -0.25) is 10.5 Å². The highest BCUT2D eigenvalue weighted by Crippen LogP contribution is 2.28. The van der Waals surface area contributed by atoms with Crippen LogP contribution in [0.4, 0.5) is 0 Å². The van der Waals surface area contributed by atoms with E-state index in [0.29, 0.717) is 5.02 Å². The third-order valence-electron chi connectivity index (χ3n) is 2.96. The molecule has 0 spiro atoms. The summed E-state index contributed by atoms with van der Waals surface area (Å²) >= 11 is 6.17. The molecule has 3 N–H and O–H groups in total. The van der Waals surface area contributed by atoms with Crippen LogP contribution in [-0.4, -0.2) is 9.78 Å². The molecule has 5 heteroatoms. The molecule has 96 valence electrons. The standard InChI is InChI=1S/C13H17ClN4/c1-8-4-9(2)6-10(5-8)12(17-15)13-11(14)7-16-18(13)3/h4-7,12,17H,15H2,1-3H3. The van der Waals surface area contributed by atoms with Crippen molar-refractivity contribution in [1.82, 2.24) is 15.2 Å². The Balaban J connectivity index is 2.52. The van der Waals surface area contributed by atoms with Crippen LogP contribution in [0.3, 0.4) is 0 Å². The SMILES string of the molecule is Cc1cc(C)cc(C(NN)c2c(Cl)cnn2C)c1. The van der Waals surface area contributed by atoms with Gasteiger partial charge in [-0.25, -0.2) is 5.43 Å². The van der Waals surface area contributed by atoms with Gasteiger partial charge in [0.25, 0.3) is 0 Å². The Morgan fingerprint density at radius 3 is 2.33 bits per heavy atom. The second kappa shape index (κ2) is 5.10. The van der Waals surface area contributed by atoms with Crippen molar-refractivity contribution in [3.8, 4) is 0 Å². The molecule has 2 aromatic rings. The van der Waals surface area contributed by atoms with Gasteiger partial charge in [0.2, 0.25) is 0 Å². The van der Waals surface area contributed by atoms with Crippen LogP contribution in [0.15, 0.2) is 24.4 Å². The van der Waals surface area contributed by atoms with Crippen molar-refractivity contribution in [3.05, 3.63) is 51.8 Å². The molecule has 0 bridgehead atoms. The molecule has 1 heterocycles. The third-order valence-corrected chi connectivity index (χ3v) is 3.25. The molecule has 0 aliphatic rings. The topological polar surface area (TPSA) is 55.9 Å². The van der Waals surface area contributed by atoms with Gasteiger partial charge in [-0.2, -0.15) is 5.10 Å². The zero-order valence-electron chi connectivity index (χ0n) is 10.7. The number of aromatic nitrogens is 2. The second-order valence-electron chi connectivity index (χ2n) is 4.52. The monoisotopic (exact) mass is 264 g/mol. The van der Waals surface area contributed by atoms with Crippen LogP contribution >= 0.6 is 11.6 Å². The van der Waals surface area contributed by atoms with Gasteiger partial charge in [-0.15, -0.1) is 0 Å². The van der Waals surface area contributed by atoms with Crippen molar-refractivity contribution >= 4 is 11.6 Å². The van der Waals surface area contributed by atoms with Gasteiger partial charge in [0.05, 0.1) is 23.0 Å². The summed E-state index contributed by atoms with van der Waals surface area (Å²) in [5.41, 5.74) is 7.16. The number of benzene rings is 1. The van der Waals surface area contributed by atoms with E-state index in [0.717, 1.165) is 11.3 Å². The smallest absolute Gasteiger partial charge is 0.0893 e. The van der Waals surface area contributed by atoms with Crippen molar-refractivity contribution in [2.75, 3.05) is 0 Å². The van der Waals surface area contributed by atoms with Crippen LogP contribution in [0.2, 0.25) is 5.02 Å². The van der Waals surface area contributed by atoms with E-state index in [1.807, 2.05) is 7.05 Å². The minimum Gasteiger partial charge on any atom is -0.271 e. The number of hydrogen-bond acceptors (Lipinski definition) is 3. The van der Waals surface area contributed by atoms with E-state index in [-0.39, 0.29) is 6.04 Å². The van der Waals surface area contributed by atoms with Gasteiger partial charge in [-0.1, -0.05) is 40.9 Å². The van der Waals surface area contributed by atoms with E-state index in [2.05, 4.69) is 42.6 Å². The molecule has 0 aliphatic heterocycles. The summed E-state index contributed by atoms with van der Waals surface area (Å²) in [4.78, 5) is 0. The van der Waals surface area contributed by atoms with Crippen LogP contribution in [0.1, 0.15) is 28.4 Å². The van der Waals surface area contributed by atoms with Crippen molar-refractivity contribution in [1.29, 1.82) is 0 Å². The van der Waals surface area contributed by atoms with Crippen molar-refractivity contribution in [3.63, 3.8) is 0 Å². The molecule has 1 aromatic carbocycles. The molecular formula is C13H17ClN4. The highest BCUT2D eigenvalue weighted by molar-refractivity contribution is 6.31. The van der Waals surface area contributed by atoms with Crippen molar-refractivity contribution in [2.45, 2.75) is 19.9 Å². The highest BCUT2D eigenvalue weighted by Gasteiger charge is 2.20. The number of nitrogens with one attached hydrogen (secondary N) is 1. The minimum atomic E-state index is -0.163. The maximum atomic E-state index is 6.17. The molecule has 18 heavy (non-hydrogen) atoms. The van der Waals surface area contributed by atoms with Crippen LogP contribution < -0.4 is 11.3 Å². The average molecular weight is 265 g/mol. The first kappa shape index (κ1) is 13.1. The molecule has 0 saturated heterocycles. The molecular weight excluding hydrogens is 248 g/mol. The van der Waals surface area contributed by atoms with E-state index >= 15 is 0 Å². The molecule has 0 amide bonds. The lowest BCUT2D eigenvalue weighted by Gasteiger charge is -2.18. The highest BCUT2D eigenvalue weighted by atomic mass is 35.5. The maximum Gasteiger partial charge on any atom is 0.0893 e. The predicted molar refractivity (Wildman–Crippen MR) is 73.3 cm³/mol. The van der Waals surface area contributed by atoms with Crippen molar-refractivity contribution < 1.29 is 0 Å². The van der Waals surface area contributed by atoms with Gasteiger partial charge in [0, 0.05) is 7.05 Å². The number of hydrogen-bond donors (Lipinski definition) is 2. The van der Waals surface area contributed by atoms with Gasteiger partial charge >= 0.3 is 0 Å². The van der Waals surface area contributed by atoms with Crippen LogP contribution in [0.5, 0.6) is 0 Å². The number of nitrogens with zero attached hydrogens (tertiary/aromatic N) is 2. The van der Waals surface area contributed by atoms with Crippen LogP contribution in [0, 0.1) is 13.8 Å². The zero-order valence-corrected chi connectivity index (χ0v) is 11.5. The normalized spacial score (nSPS) is 12.7. The Kier molecular flexibility index (Phi) is 3.71. The molecule has 0 radical (unpaired) electrons. The van der Waals surface area contributed by atoms with Gasteiger partial charge < -0.3 is 0 Å². The molecule has 4 nitrogen and oxygen atoms in total. The summed E-state index contributed by atoms with van der Waals surface area (Å²) in [6.07, 6.45) is 1.63. The van der Waals surface area contributed by atoms with Crippen LogP contribution in [0.25, 0.3) is 0 Å². The molecule has 2 rings (SSSR count). The number of aryl methyl sites for hydroxylation is 3.